The molecule has 0 atom stereocenters. The molecule has 0 bridgehead atoms. The normalized spacial score (nSPS) is 10.2. The maximum Gasteiger partial charge on any atom is 0.173 e. The van der Waals surface area contributed by atoms with E-state index in [4.69, 9.17) is 21.7 Å². The van der Waals surface area contributed by atoms with Gasteiger partial charge in [0.1, 0.15) is 5.75 Å². The molecule has 1 aromatic carbocycles. The summed E-state index contributed by atoms with van der Waals surface area (Å²) in [5, 5.41) is 3.97. The van der Waals surface area contributed by atoms with Crippen LogP contribution in [-0.4, -0.2) is 43.9 Å². The summed E-state index contributed by atoms with van der Waals surface area (Å²) < 4.78 is 10.5. The summed E-state index contributed by atoms with van der Waals surface area (Å²) in [6.45, 7) is 6.53. The minimum absolute atomic E-state index is 0.659. The number of anilines is 1. The van der Waals surface area contributed by atoms with Crippen LogP contribution in [0.5, 0.6) is 5.75 Å². The van der Waals surface area contributed by atoms with Gasteiger partial charge in [0.05, 0.1) is 19.4 Å². The molecule has 0 aromatic heterocycles. The summed E-state index contributed by atoms with van der Waals surface area (Å²) in [7, 11) is 3.36. The first-order valence-electron chi connectivity index (χ1n) is 6.81. The highest BCUT2D eigenvalue weighted by molar-refractivity contribution is 7.80. The van der Waals surface area contributed by atoms with Crippen molar-refractivity contribution in [1.82, 2.24) is 4.90 Å². The molecule has 0 fully saturated rings. The number of thiocarbonyl (C=S) groups is 1. The zero-order valence-electron chi connectivity index (χ0n) is 12.7. The summed E-state index contributed by atoms with van der Waals surface area (Å²) in [4.78, 5) is 2.11. The van der Waals surface area contributed by atoms with Crippen molar-refractivity contribution in [2.24, 2.45) is 0 Å². The molecule has 20 heavy (non-hydrogen) atoms. The lowest BCUT2D eigenvalue weighted by atomic mass is 10.2. The highest BCUT2D eigenvalue weighted by Crippen LogP contribution is 2.25. The first-order valence-corrected chi connectivity index (χ1v) is 7.22. The number of methoxy groups -OCH3 is 2. The van der Waals surface area contributed by atoms with Crippen LogP contribution in [0, 0.1) is 6.92 Å². The summed E-state index contributed by atoms with van der Waals surface area (Å²) in [5.41, 5.74) is 2.06. The van der Waals surface area contributed by atoms with Gasteiger partial charge in [0, 0.05) is 20.2 Å². The van der Waals surface area contributed by atoms with Crippen LogP contribution in [0.2, 0.25) is 0 Å². The van der Waals surface area contributed by atoms with Crippen LogP contribution in [0.15, 0.2) is 18.2 Å². The van der Waals surface area contributed by atoms with E-state index in [1.165, 1.54) is 0 Å². The molecule has 0 amide bonds. The second-order valence-electron chi connectivity index (χ2n) is 4.61. The van der Waals surface area contributed by atoms with E-state index in [0.717, 1.165) is 36.5 Å². The van der Waals surface area contributed by atoms with Crippen molar-refractivity contribution in [2.75, 3.05) is 39.2 Å². The van der Waals surface area contributed by atoms with Crippen molar-refractivity contribution in [2.45, 2.75) is 20.3 Å². The van der Waals surface area contributed by atoms with Crippen molar-refractivity contribution >= 4 is 23.0 Å². The Morgan fingerprint density at radius 2 is 2.05 bits per heavy atom. The lowest BCUT2D eigenvalue weighted by Gasteiger charge is -2.25. The number of aryl methyl sites for hydroxylation is 1. The molecule has 112 valence electrons. The fourth-order valence-electron chi connectivity index (χ4n) is 1.90. The van der Waals surface area contributed by atoms with Crippen molar-refractivity contribution in [3.05, 3.63) is 23.8 Å². The average molecular weight is 296 g/mol. The number of ether oxygens (including phenoxy) is 2. The highest BCUT2D eigenvalue weighted by atomic mass is 32.1. The Morgan fingerprint density at radius 1 is 1.30 bits per heavy atom. The van der Waals surface area contributed by atoms with Crippen LogP contribution in [0.3, 0.4) is 0 Å². The Labute approximate surface area is 127 Å². The molecule has 0 saturated carbocycles. The number of hydrogen-bond donors (Lipinski definition) is 1. The second kappa shape index (κ2) is 8.76. The van der Waals surface area contributed by atoms with Gasteiger partial charge in [-0.1, -0.05) is 13.0 Å². The van der Waals surface area contributed by atoms with Gasteiger partial charge in [-0.15, -0.1) is 0 Å². The minimum atomic E-state index is 0.659. The van der Waals surface area contributed by atoms with E-state index in [1.807, 2.05) is 25.1 Å². The smallest absolute Gasteiger partial charge is 0.173 e. The van der Waals surface area contributed by atoms with Crippen LogP contribution >= 0.6 is 12.2 Å². The van der Waals surface area contributed by atoms with E-state index >= 15 is 0 Å². The van der Waals surface area contributed by atoms with Crippen molar-refractivity contribution in [1.29, 1.82) is 0 Å². The first-order chi connectivity index (χ1) is 9.62. The fourth-order valence-corrected chi connectivity index (χ4v) is 2.19. The molecule has 0 heterocycles. The molecule has 0 aliphatic carbocycles. The maximum absolute atomic E-state index is 5.49. The molecular weight excluding hydrogens is 272 g/mol. The minimum Gasteiger partial charge on any atom is -0.495 e. The number of nitrogens with zero attached hydrogens (tertiary/aromatic N) is 1. The van der Waals surface area contributed by atoms with E-state index in [2.05, 4.69) is 17.1 Å². The van der Waals surface area contributed by atoms with Crippen LogP contribution in [0.4, 0.5) is 5.69 Å². The zero-order chi connectivity index (χ0) is 15.0. The van der Waals surface area contributed by atoms with Gasteiger partial charge in [0.2, 0.25) is 0 Å². The van der Waals surface area contributed by atoms with Crippen molar-refractivity contribution in [3.63, 3.8) is 0 Å². The van der Waals surface area contributed by atoms with Gasteiger partial charge in [0.15, 0.2) is 5.11 Å². The third-order valence-electron chi connectivity index (χ3n) is 2.94. The summed E-state index contributed by atoms with van der Waals surface area (Å²) in [6, 6.07) is 5.99. The number of rotatable bonds is 7. The molecule has 5 heteroatoms. The quantitative estimate of drug-likeness (QED) is 0.782. The van der Waals surface area contributed by atoms with Gasteiger partial charge in [0.25, 0.3) is 0 Å². The van der Waals surface area contributed by atoms with Gasteiger partial charge < -0.3 is 19.7 Å². The highest BCUT2D eigenvalue weighted by Gasteiger charge is 2.11. The van der Waals surface area contributed by atoms with Crippen LogP contribution in [0.1, 0.15) is 18.9 Å². The SMILES string of the molecule is CCCN(CCOC)C(=S)Nc1cc(C)ccc1OC. The monoisotopic (exact) mass is 296 g/mol. The van der Waals surface area contributed by atoms with Gasteiger partial charge in [-0.25, -0.2) is 0 Å². The van der Waals surface area contributed by atoms with Gasteiger partial charge in [-0.05, 0) is 43.3 Å². The first kappa shape index (κ1) is 16.7. The molecule has 0 aliphatic heterocycles. The van der Waals surface area contributed by atoms with E-state index in [0.29, 0.717) is 11.7 Å². The fraction of sp³-hybridized carbons (Fsp3) is 0.533. The standard InChI is InChI=1S/C15H24N2O2S/c1-5-8-17(9-10-18-3)15(20)16-13-11-12(2)6-7-14(13)19-4/h6-7,11H,5,8-10H2,1-4H3,(H,16,20). The Kier molecular flexibility index (Phi) is 7.33. The number of hydrogen-bond acceptors (Lipinski definition) is 3. The molecule has 1 N–H and O–H groups in total. The van der Waals surface area contributed by atoms with Gasteiger partial charge in [-0.3, -0.25) is 0 Å². The van der Waals surface area contributed by atoms with E-state index in [1.54, 1.807) is 14.2 Å². The van der Waals surface area contributed by atoms with E-state index in [-0.39, 0.29) is 0 Å². The van der Waals surface area contributed by atoms with Crippen LogP contribution < -0.4 is 10.1 Å². The van der Waals surface area contributed by atoms with Crippen molar-refractivity contribution < 1.29 is 9.47 Å². The average Bonchev–Trinajstić information content (AvgIpc) is 2.43. The van der Waals surface area contributed by atoms with E-state index in [9.17, 15) is 0 Å². The van der Waals surface area contributed by atoms with Gasteiger partial charge >= 0.3 is 0 Å². The number of nitrogens with one attached hydrogen (secondary N) is 1. The molecule has 0 aliphatic rings. The Bertz CT molecular complexity index is 438. The number of benzene rings is 1. The third-order valence-corrected chi connectivity index (χ3v) is 3.30. The van der Waals surface area contributed by atoms with Crippen molar-refractivity contribution in [3.8, 4) is 5.75 Å². The zero-order valence-corrected chi connectivity index (χ0v) is 13.5. The molecule has 0 spiro atoms. The lowest BCUT2D eigenvalue weighted by molar-refractivity contribution is 0.177. The molecule has 4 nitrogen and oxygen atoms in total. The van der Waals surface area contributed by atoms with Crippen LogP contribution in [-0.2, 0) is 4.74 Å². The third kappa shape index (κ3) is 4.98. The Hall–Kier alpha value is -1.33. The lowest BCUT2D eigenvalue weighted by Crippen LogP contribution is -2.37. The van der Waals surface area contributed by atoms with Crippen LogP contribution in [0.25, 0.3) is 0 Å². The summed E-state index contributed by atoms with van der Waals surface area (Å²) >= 11 is 5.49. The predicted octanol–water partition coefficient (Wildman–Crippen LogP) is 3.06. The summed E-state index contributed by atoms with van der Waals surface area (Å²) in [6.07, 6.45) is 1.04. The Balaban J connectivity index is 2.78. The Morgan fingerprint density at radius 3 is 2.65 bits per heavy atom. The topological polar surface area (TPSA) is 33.7 Å². The molecular formula is C15H24N2O2S. The second-order valence-corrected chi connectivity index (χ2v) is 5.00. The molecule has 1 aromatic rings. The molecule has 1 rings (SSSR count). The van der Waals surface area contributed by atoms with Gasteiger partial charge in [-0.2, -0.15) is 0 Å². The molecule has 0 saturated heterocycles. The predicted molar refractivity (Wildman–Crippen MR) is 87.7 cm³/mol. The summed E-state index contributed by atoms with van der Waals surface area (Å²) in [5.74, 6) is 0.793. The molecule has 0 radical (unpaired) electrons. The maximum atomic E-state index is 5.49. The van der Waals surface area contributed by atoms with E-state index < -0.39 is 0 Å². The largest absolute Gasteiger partial charge is 0.495 e. The molecule has 0 unspecified atom stereocenters.